The molecule has 1 spiro atoms. The molecular weight excluding hydrogens is 425 g/mol. The molecule has 0 unspecified atom stereocenters. The fourth-order valence-corrected chi connectivity index (χ4v) is 4.82. The average Bonchev–Trinajstić information content (AvgIpc) is 2.93. The van der Waals surface area contributed by atoms with Crippen molar-refractivity contribution in [2.24, 2.45) is 0 Å². The molecule has 1 aromatic rings. The van der Waals surface area contributed by atoms with Crippen molar-refractivity contribution < 1.29 is 27.6 Å². The summed E-state index contributed by atoms with van der Waals surface area (Å²) in [4.78, 5) is 42.6. The molecular formula is C22H27F3N4O3. The normalized spacial score (nSPS) is 21.7. The molecule has 1 saturated carbocycles. The maximum absolute atomic E-state index is 13.0. The Kier molecular flexibility index (Phi) is 6.05. The van der Waals surface area contributed by atoms with E-state index in [9.17, 15) is 27.6 Å². The van der Waals surface area contributed by atoms with Gasteiger partial charge in [0.15, 0.2) is 0 Å². The average molecular weight is 452 g/mol. The molecule has 2 heterocycles. The predicted octanol–water partition coefficient (Wildman–Crippen LogP) is 3.00. The van der Waals surface area contributed by atoms with E-state index in [-0.39, 0.29) is 18.4 Å². The van der Waals surface area contributed by atoms with Crippen LogP contribution in [0.15, 0.2) is 24.3 Å². The summed E-state index contributed by atoms with van der Waals surface area (Å²) in [7, 11) is 0. The number of hydrogen-bond donors (Lipinski definition) is 1. The van der Waals surface area contributed by atoms with Gasteiger partial charge in [-0.2, -0.15) is 13.2 Å². The molecule has 4 rings (SSSR count). The highest BCUT2D eigenvalue weighted by Gasteiger charge is 2.51. The Morgan fingerprint density at radius 3 is 2.28 bits per heavy atom. The number of amides is 4. The minimum atomic E-state index is -4.41. The number of urea groups is 1. The Morgan fingerprint density at radius 1 is 1.00 bits per heavy atom. The Morgan fingerprint density at radius 2 is 1.66 bits per heavy atom. The van der Waals surface area contributed by atoms with Gasteiger partial charge in [-0.3, -0.25) is 14.5 Å². The van der Waals surface area contributed by atoms with E-state index in [1.54, 1.807) is 15.9 Å². The largest absolute Gasteiger partial charge is 0.416 e. The molecule has 3 aliphatic rings. The van der Waals surface area contributed by atoms with Gasteiger partial charge in [0, 0.05) is 31.9 Å². The van der Waals surface area contributed by atoms with Crippen LogP contribution in [0.2, 0.25) is 0 Å². The molecule has 0 bridgehead atoms. The molecule has 2 saturated heterocycles. The van der Waals surface area contributed by atoms with E-state index in [4.69, 9.17) is 0 Å². The number of nitrogens with one attached hydrogen (secondary N) is 1. The summed E-state index contributed by atoms with van der Waals surface area (Å²) in [6.45, 7) is 1.05. The lowest BCUT2D eigenvalue weighted by Gasteiger charge is -2.36. The fraction of sp³-hybridized carbons (Fsp3) is 0.591. The zero-order chi connectivity index (χ0) is 22.9. The number of nitrogens with zero attached hydrogens (tertiary/aromatic N) is 3. The van der Waals surface area contributed by atoms with Crippen molar-refractivity contribution in [2.45, 2.75) is 50.2 Å². The quantitative estimate of drug-likeness (QED) is 0.716. The molecule has 174 valence electrons. The molecule has 1 N–H and O–H groups in total. The summed E-state index contributed by atoms with van der Waals surface area (Å²) < 4.78 is 38.9. The Balaban J connectivity index is 1.35. The summed E-state index contributed by atoms with van der Waals surface area (Å²) >= 11 is 0. The first-order valence-electron chi connectivity index (χ1n) is 11.0. The molecule has 3 fully saturated rings. The van der Waals surface area contributed by atoms with Crippen molar-refractivity contribution in [1.29, 1.82) is 0 Å². The van der Waals surface area contributed by atoms with Gasteiger partial charge in [0.25, 0.3) is 5.91 Å². The first-order valence-corrected chi connectivity index (χ1v) is 11.0. The molecule has 32 heavy (non-hydrogen) atoms. The van der Waals surface area contributed by atoms with Gasteiger partial charge in [-0.05, 0) is 31.0 Å². The molecule has 2 aliphatic heterocycles. The van der Waals surface area contributed by atoms with Crippen LogP contribution in [0.25, 0.3) is 0 Å². The van der Waals surface area contributed by atoms with E-state index < -0.39 is 23.3 Å². The van der Waals surface area contributed by atoms with Gasteiger partial charge in [0.1, 0.15) is 12.1 Å². The summed E-state index contributed by atoms with van der Waals surface area (Å²) in [5.74, 6) is -0.650. The standard InChI is InChI=1S/C22H27F3N4O3/c23-22(24,25)16-6-5-7-17(14-16)27-10-12-28(13-11-27)18(30)15-29-19(31)21(26-20(29)32)8-3-1-2-4-9-21/h5-7,14H,1-4,8-13,15H2,(H,26,32). The Hall–Kier alpha value is -2.78. The highest BCUT2D eigenvalue weighted by atomic mass is 19.4. The zero-order valence-electron chi connectivity index (χ0n) is 17.8. The van der Waals surface area contributed by atoms with E-state index in [0.717, 1.165) is 42.7 Å². The van der Waals surface area contributed by atoms with Crippen LogP contribution in [0.4, 0.5) is 23.7 Å². The lowest BCUT2D eigenvalue weighted by Crippen LogP contribution is -2.52. The third-order valence-electron chi connectivity index (χ3n) is 6.67. The van der Waals surface area contributed by atoms with Crippen molar-refractivity contribution >= 4 is 23.5 Å². The second-order valence-electron chi connectivity index (χ2n) is 8.73. The summed E-state index contributed by atoms with van der Waals surface area (Å²) in [5, 5.41) is 2.83. The minimum Gasteiger partial charge on any atom is -0.368 e. The van der Waals surface area contributed by atoms with Gasteiger partial charge < -0.3 is 15.1 Å². The van der Waals surface area contributed by atoms with Gasteiger partial charge in [0.2, 0.25) is 5.91 Å². The molecule has 7 nitrogen and oxygen atoms in total. The third-order valence-corrected chi connectivity index (χ3v) is 6.67. The monoisotopic (exact) mass is 452 g/mol. The number of alkyl halides is 3. The molecule has 0 aromatic heterocycles. The Labute approximate surface area is 184 Å². The lowest BCUT2D eigenvalue weighted by molar-refractivity contribution is -0.139. The zero-order valence-corrected chi connectivity index (χ0v) is 17.8. The smallest absolute Gasteiger partial charge is 0.368 e. The molecule has 1 aliphatic carbocycles. The molecule has 0 atom stereocenters. The van der Waals surface area contributed by atoms with E-state index in [2.05, 4.69) is 5.32 Å². The number of benzene rings is 1. The second kappa shape index (κ2) is 8.63. The number of hydrogen-bond acceptors (Lipinski definition) is 4. The van der Waals surface area contributed by atoms with Crippen LogP contribution >= 0.6 is 0 Å². The van der Waals surface area contributed by atoms with E-state index >= 15 is 0 Å². The summed E-state index contributed by atoms with van der Waals surface area (Å²) in [5.41, 5.74) is -1.13. The predicted molar refractivity (Wildman–Crippen MR) is 111 cm³/mol. The first kappa shape index (κ1) is 22.4. The fourth-order valence-electron chi connectivity index (χ4n) is 4.82. The van der Waals surface area contributed by atoms with E-state index in [1.165, 1.54) is 6.07 Å². The Bertz CT molecular complexity index is 889. The maximum Gasteiger partial charge on any atom is 0.416 e. The number of carbonyl (C=O) groups excluding carboxylic acids is 3. The molecule has 10 heteroatoms. The third kappa shape index (κ3) is 4.40. The van der Waals surface area contributed by atoms with Crippen LogP contribution in [0, 0.1) is 0 Å². The van der Waals surface area contributed by atoms with Crippen molar-refractivity contribution in [3.63, 3.8) is 0 Å². The lowest BCUT2D eigenvalue weighted by atomic mass is 9.90. The highest BCUT2D eigenvalue weighted by molar-refractivity contribution is 6.09. The van der Waals surface area contributed by atoms with Crippen molar-refractivity contribution in [2.75, 3.05) is 37.6 Å². The van der Waals surface area contributed by atoms with Crippen molar-refractivity contribution in [1.82, 2.24) is 15.1 Å². The second-order valence-corrected chi connectivity index (χ2v) is 8.73. The number of imide groups is 1. The van der Waals surface area contributed by atoms with Crippen molar-refractivity contribution in [3.8, 4) is 0 Å². The van der Waals surface area contributed by atoms with E-state index in [0.29, 0.717) is 44.7 Å². The first-order chi connectivity index (χ1) is 15.2. The number of carbonyl (C=O) groups is 3. The van der Waals surface area contributed by atoms with E-state index in [1.807, 2.05) is 0 Å². The number of anilines is 1. The summed E-state index contributed by atoms with van der Waals surface area (Å²) in [6, 6.07) is 4.61. The van der Waals surface area contributed by atoms with Gasteiger partial charge in [-0.25, -0.2) is 4.79 Å². The van der Waals surface area contributed by atoms with Gasteiger partial charge >= 0.3 is 12.2 Å². The SMILES string of the molecule is O=C(CN1C(=O)NC2(CCCCCC2)C1=O)N1CCN(c2cccc(C(F)(F)F)c2)CC1. The van der Waals surface area contributed by atoms with Gasteiger partial charge in [-0.15, -0.1) is 0 Å². The van der Waals surface area contributed by atoms with Crippen LogP contribution in [0.1, 0.15) is 44.1 Å². The van der Waals surface area contributed by atoms with Crippen molar-refractivity contribution in [3.05, 3.63) is 29.8 Å². The minimum absolute atomic E-state index is 0.309. The van der Waals surface area contributed by atoms with Crippen LogP contribution in [0.3, 0.4) is 0 Å². The topological polar surface area (TPSA) is 73.0 Å². The maximum atomic E-state index is 13.0. The highest BCUT2D eigenvalue weighted by Crippen LogP contribution is 2.33. The van der Waals surface area contributed by atoms with Crippen LogP contribution in [0.5, 0.6) is 0 Å². The number of rotatable bonds is 3. The number of halogens is 3. The van der Waals surface area contributed by atoms with Crippen LogP contribution < -0.4 is 10.2 Å². The van der Waals surface area contributed by atoms with Crippen LogP contribution in [-0.4, -0.2) is 65.9 Å². The molecule has 0 radical (unpaired) electrons. The summed E-state index contributed by atoms with van der Waals surface area (Å²) in [6.07, 6.45) is 0.567. The van der Waals surface area contributed by atoms with Crippen LogP contribution in [-0.2, 0) is 15.8 Å². The molecule has 4 amide bonds. The number of piperazine rings is 1. The molecule has 1 aromatic carbocycles. The van der Waals surface area contributed by atoms with Gasteiger partial charge in [-0.1, -0.05) is 31.7 Å². The van der Waals surface area contributed by atoms with Gasteiger partial charge in [0.05, 0.1) is 5.56 Å².